The highest BCUT2D eigenvalue weighted by Crippen LogP contribution is 2.66. The van der Waals surface area contributed by atoms with Gasteiger partial charge in [0.15, 0.2) is 0 Å². The van der Waals surface area contributed by atoms with Crippen LogP contribution in [-0.2, 0) is 10.2 Å². The first-order valence-electron chi connectivity index (χ1n) is 11.5. The Balaban J connectivity index is 1.15. The number of amides is 1. The smallest absolute Gasteiger partial charge is 0.234 e. The molecule has 4 heteroatoms. The maximum atomic E-state index is 13.1. The van der Waals surface area contributed by atoms with E-state index in [-0.39, 0.29) is 11.4 Å². The van der Waals surface area contributed by atoms with E-state index in [0.717, 1.165) is 32.0 Å². The third-order valence-corrected chi connectivity index (χ3v) is 8.84. The molecule has 7 rings (SSSR count). The molecule has 150 valence electrons. The molecule has 4 aliphatic carbocycles. The average Bonchev–Trinajstić information content (AvgIpc) is 3.30. The molecule has 0 radical (unpaired) electrons. The molecule has 0 spiro atoms. The van der Waals surface area contributed by atoms with E-state index in [1.165, 1.54) is 50.6 Å². The SMILES string of the molecule is O=C(CN1CCN2CCCC2C1)NC12CC3CC1CC(c1ccccc1)(C3)C2. The molecule has 1 N–H and O–H groups in total. The number of nitrogens with zero attached hydrogens (tertiary/aromatic N) is 2. The zero-order chi connectivity index (χ0) is 18.8. The zero-order valence-electron chi connectivity index (χ0n) is 16.9. The molecular formula is C24H33N3O. The van der Waals surface area contributed by atoms with Crippen molar-refractivity contribution in [3.8, 4) is 0 Å². The molecule has 1 aromatic rings. The van der Waals surface area contributed by atoms with Gasteiger partial charge in [0.05, 0.1) is 6.54 Å². The lowest BCUT2D eigenvalue weighted by Gasteiger charge is -2.42. The van der Waals surface area contributed by atoms with E-state index >= 15 is 0 Å². The first-order valence-corrected chi connectivity index (χ1v) is 11.5. The molecule has 0 aromatic heterocycles. The van der Waals surface area contributed by atoms with Gasteiger partial charge in [-0.25, -0.2) is 0 Å². The van der Waals surface area contributed by atoms with Crippen LogP contribution in [0.5, 0.6) is 0 Å². The molecule has 28 heavy (non-hydrogen) atoms. The quantitative estimate of drug-likeness (QED) is 0.874. The first kappa shape index (κ1) is 17.5. The van der Waals surface area contributed by atoms with E-state index in [1.54, 1.807) is 0 Å². The Morgan fingerprint density at radius 1 is 1.11 bits per heavy atom. The van der Waals surface area contributed by atoms with Gasteiger partial charge in [0.25, 0.3) is 0 Å². The van der Waals surface area contributed by atoms with Crippen LogP contribution in [0.1, 0.15) is 50.5 Å². The van der Waals surface area contributed by atoms with Crippen LogP contribution in [0.15, 0.2) is 30.3 Å². The number of fused-ring (bicyclic) bond motifs is 1. The van der Waals surface area contributed by atoms with E-state index in [0.29, 0.717) is 23.9 Å². The number of rotatable bonds is 4. The van der Waals surface area contributed by atoms with Gasteiger partial charge in [0.2, 0.25) is 5.91 Å². The minimum atomic E-state index is 0.0744. The molecule has 5 atom stereocenters. The highest BCUT2D eigenvalue weighted by atomic mass is 16.2. The molecule has 2 heterocycles. The summed E-state index contributed by atoms with van der Waals surface area (Å²) in [6, 6.07) is 11.8. The molecule has 4 bridgehead atoms. The van der Waals surface area contributed by atoms with Crippen molar-refractivity contribution in [2.75, 3.05) is 32.7 Å². The molecule has 2 saturated heterocycles. The molecule has 4 nitrogen and oxygen atoms in total. The standard InChI is InChI=1S/C24H33N3O/c28-22(16-26-9-10-27-8-4-7-21(27)15-26)25-24-13-18-11-20(24)14-23(12-18,17-24)19-5-2-1-3-6-19/h1-3,5-6,18,20-21H,4,7-17H2,(H,25,28). The summed E-state index contributed by atoms with van der Waals surface area (Å²) in [7, 11) is 0. The van der Waals surface area contributed by atoms with Crippen LogP contribution in [0.2, 0.25) is 0 Å². The van der Waals surface area contributed by atoms with E-state index < -0.39 is 0 Å². The predicted octanol–water partition coefficient (Wildman–Crippen LogP) is 2.78. The molecular weight excluding hydrogens is 346 g/mol. The van der Waals surface area contributed by atoms with Gasteiger partial charge in [-0.2, -0.15) is 0 Å². The Kier molecular flexibility index (Phi) is 3.93. The van der Waals surface area contributed by atoms with Crippen LogP contribution < -0.4 is 5.32 Å². The fraction of sp³-hybridized carbons (Fsp3) is 0.708. The van der Waals surface area contributed by atoms with Crippen molar-refractivity contribution in [2.24, 2.45) is 11.8 Å². The topological polar surface area (TPSA) is 35.6 Å². The lowest BCUT2D eigenvalue weighted by Crippen LogP contribution is -2.56. The van der Waals surface area contributed by atoms with Crippen LogP contribution in [0.25, 0.3) is 0 Å². The Bertz CT molecular complexity index is 766. The summed E-state index contributed by atoms with van der Waals surface area (Å²) >= 11 is 0. The second kappa shape index (κ2) is 6.30. The van der Waals surface area contributed by atoms with Crippen LogP contribution in [-0.4, -0.2) is 60.0 Å². The summed E-state index contributed by atoms with van der Waals surface area (Å²) in [4.78, 5) is 18.1. The number of hydrogen-bond donors (Lipinski definition) is 1. The number of piperazine rings is 1. The summed E-state index contributed by atoms with van der Waals surface area (Å²) in [5.41, 5.74) is 1.90. The van der Waals surface area contributed by atoms with Gasteiger partial charge in [-0.15, -0.1) is 0 Å². The van der Waals surface area contributed by atoms with Gasteiger partial charge in [0.1, 0.15) is 0 Å². The normalized spacial score (nSPS) is 42.1. The number of carbonyl (C=O) groups excluding carboxylic acids is 1. The monoisotopic (exact) mass is 379 g/mol. The maximum Gasteiger partial charge on any atom is 0.234 e. The fourth-order valence-corrected chi connectivity index (χ4v) is 7.95. The van der Waals surface area contributed by atoms with E-state index in [2.05, 4.69) is 45.4 Å². The van der Waals surface area contributed by atoms with Crippen LogP contribution in [0.3, 0.4) is 0 Å². The van der Waals surface area contributed by atoms with Crippen molar-refractivity contribution in [1.82, 2.24) is 15.1 Å². The molecule has 1 aromatic carbocycles. The van der Waals surface area contributed by atoms with Crippen molar-refractivity contribution in [3.63, 3.8) is 0 Å². The van der Waals surface area contributed by atoms with E-state index in [9.17, 15) is 4.79 Å². The highest BCUT2D eigenvalue weighted by Gasteiger charge is 2.64. The van der Waals surface area contributed by atoms with Gasteiger partial charge < -0.3 is 5.32 Å². The van der Waals surface area contributed by atoms with E-state index in [1.807, 2.05) is 0 Å². The van der Waals surface area contributed by atoms with E-state index in [4.69, 9.17) is 0 Å². The Morgan fingerprint density at radius 2 is 2.00 bits per heavy atom. The Labute approximate surface area is 168 Å². The molecule has 6 fully saturated rings. The molecule has 2 aliphatic heterocycles. The number of carbonyl (C=O) groups is 1. The van der Waals surface area contributed by atoms with Crippen molar-refractivity contribution >= 4 is 5.91 Å². The minimum Gasteiger partial charge on any atom is -0.349 e. The van der Waals surface area contributed by atoms with Crippen molar-refractivity contribution in [2.45, 2.75) is 61.9 Å². The molecule has 6 aliphatic rings. The number of nitrogens with one attached hydrogen (secondary N) is 1. The highest BCUT2D eigenvalue weighted by molar-refractivity contribution is 5.79. The Morgan fingerprint density at radius 3 is 2.89 bits per heavy atom. The predicted molar refractivity (Wildman–Crippen MR) is 110 cm³/mol. The summed E-state index contributed by atoms with van der Waals surface area (Å²) in [5.74, 6) is 1.76. The third kappa shape index (κ3) is 2.68. The number of benzene rings is 1. The molecule has 1 amide bonds. The third-order valence-electron chi connectivity index (χ3n) is 8.84. The minimum absolute atomic E-state index is 0.0744. The van der Waals surface area contributed by atoms with Crippen molar-refractivity contribution in [3.05, 3.63) is 35.9 Å². The zero-order valence-corrected chi connectivity index (χ0v) is 16.9. The Hall–Kier alpha value is -1.39. The second-order valence-electron chi connectivity index (χ2n) is 10.5. The van der Waals surface area contributed by atoms with Gasteiger partial charge in [0, 0.05) is 31.2 Å². The first-order chi connectivity index (χ1) is 13.6. The van der Waals surface area contributed by atoms with Gasteiger partial charge in [-0.05, 0) is 74.3 Å². The van der Waals surface area contributed by atoms with Crippen LogP contribution >= 0.6 is 0 Å². The van der Waals surface area contributed by atoms with Gasteiger partial charge in [-0.3, -0.25) is 14.6 Å². The van der Waals surface area contributed by atoms with Crippen LogP contribution in [0, 0.1) is 11.8 Å². The van der Waals surface area contributed by atoms with Crippen molar-refractivity contribution < 1.29 is 4.79 Å². The van der Waals surface area contributed by atoms with Crippen LogP contribution in [0.4, 0.5) is 0 Å². The van der Waals surface area contributed by atoms with Gasteiger partial charge in [-0.1, -0.05) is 30.3 Å². The lowest BCUT2D eigenvalue weighted by atomic mass is 9.65. The largest absolute Gasteiger partial charge is 0.349 e. The maximum absolute atomic E-state index is 13.1. The lowest BCUT2D eigenvalue weighted by molar-refractivity contribution is -0.125. The average molecular weight is 380 g/mol. The van der Waals surface area contributed by atoms with Gasteiger partial charge >= 0.3 is 0 Å². The van der Waals surface area contributed by atoms with Crippen molar-refractivity contribution in [1.29, 1.82) is 0 Å². The summed E-state index contributed by atoms with van der Waals surface area (Å²) in [6.07, 6.45) is 8.95. The molecule has 5 unspecified atom stereocenters. The fourth-order valence-electron chi connectivity index (χ4n) is 7.95. The number of hydrogen-bond acceptors (Lipinski definition) is 3. The summed E-state index contributed by atoms with van der Waals surface area (Å²) in [6.45, 7) is 5.14. The molecule has 4 saturated carbocycles. The summed E-state index contributed by atoms with van der Waals surface area (Å²) < 4.78 is 0. The summed E-state index contributed by atoms with van der Waals surface area (Å²) in [5, 5.41) is 3.62. The second-order valence-corrected chi connectivity index (χ2v) is 10.5.